The first-order chi connectivity index (χ1) is 15.4. The number of benzene rings is 2. The zero-order valence-corrected chi connectivity index (χ0v) is 18.5. The van der Waals surface area contributed by atoms with Gasteiger partial charge in [0.15, 0.2) is 0 Å². The first-order valence-electron chi connectivity index (χ1n) is 10.7. The number of esters is 1. The molecule has 0 aliphatic carbocycles. The summed E-state index contributed by atoms with van der Waals surface area (Å²) in [4.78, 5) is 31.1. The first kappa shape index (κ1) is 21.6. The number of hydrogen-bond acceptors (Lipinski definition) is 5. The number of amides is 1. The molecule has 0 saturated carbocycles. The van der Waals surface area contributed by atoms with Crippen LogP contribution >= 0.6 is 0 Å². The minimum absolute atomic E-state index is 0.188. The lowest BCUT2D eigenvalue weighted by Crippen LogP contribution is -2.43. The molecule has 4 rings (SSSR count). The molecule has 0 fully saturated rings. The van der Waals surface area contributed by atoms with Crippen molar-refractivity contribution in [3.05, 3.63) is 71.9 Å². The van der Waals surface area contributed by atoms with Crippen molar-refractivity contribution in [2.45, 2.75) is 38.3 Å². The van der Waals surface area contributed by atoms with Gasteiger partial charge in [-0.25, -0.2) is 4.79 Å². The van der Waals surface area contributed by atoms with Gasteiger partial charge < -0.3 is 19.5 Å². The third kappa shape index (κ3) is 4.10. The minimum atomic E-state index is -1.22. The Labute approximate surface area is 187 Å². The normalized spacial score (nSPS) is 17.8. The van der Waals surface area contributed by atoms with Crippen molar-refractivity contribution in [2.24, 2.45) is 5.16 Å². The Kier molecular flexibility index (Phi) is 5.99. The van der Waals surface area contributed by atoms with Crippen LogP contribution in [0.15, 0.2) is 65.9 Å². The van der Waals surface area contributed by atoms with Crippen LogP contribution in [0.25, 0.3) is 10.9 Å². The standard InChI is InChI=1S/C25H27N3O4/c1-17(2)28-13-12-20-21(10-7-11-22(20)28)23(29)26-16-19-15-25(32-27-19,24(30)31-3)14-18-8-5-4-6-9-18/h4-13,17H,14-16H2,1-3H3,(H,26,29). The van der Waals surface area contributed by atoms with E-state index in [-0.39, 0.29) is 18.9 Å². The second-order valence-electron chi connectivity index (χ2n) is 8.31. The molecule has 0 radical (unpaired) electrons. The van der Waals surface area contributed by atoms with E-state index in [2.05, 4.69) is 28.9 Å². The fraction of sp³-hybridized carbons (Fsp3) is 0.320. The van der Waals surface area contributed by atoms with Gasteiger partial charge in [-0.05, 0) is 37.6 Å². The van der Waals surface area contributed by atoms with E-state index < -0.39 is 11.6 Å². The first-order valence-corrected chi connectivity index (χ1v) is 10.7. The zero-order valence-electron chi connectivity index (χ0n) is 18.5. The second kappa shape index (κ2) is 8.86. The highest BCUT2D eigenvalue weighted by Gasteiger charge is 2.47. The fourth-order valence-corrected chi connectivity index (χ4v) is 4.14. The van der Waals surface area contributed by atoms with E-state index >= 15 is 0 Å². The summed E-state index contributed by atoms with van der Waals surface area (Å²) in [7, 11) is 1.34. The van der Waals surface area contributed by atoms with Gasteiger partial charge in [-0.15, -0.1) is 0 Å². The maximum Gasteiger partial charge on any atom is 0.353 e. The highest BCUT2D eigenvalue weighted by atomic mass is 16.7. The topological polar surface area (TPSA) is 81.9 Å². The molecule has 1 unspecified atom stereocenters. The molecule has 3 aromatic rings. The Morgan fingerprint density at radius 1 is 1.16 bits per heavy atom. The fourth-order valence-electron chi connectivity index (χ4n) is 4.14. The lowest BCUT2D eigenvalue weighted by atomic mass is 9.89. The number of nitrogens with zero attached hydrogens (tertiary/aromatic N) is 2. The van der Waals surface area contributed by atoms with Crippen molar-refractivity contribution in [1.82, 2.24) is 9.88 Å². The molecule has 1 aliphatic heterocycles. The number of rotatable bonds is 7. The van der Waals surface area contributed by atoms with Crippen LogP contribution < -0.4 is 5.32 Å². The van der Waals surface area contributed by atoms with E-state index in [0.29, 0.717) is 23.7 Å². The Hall–Kier alpha value is -3.61. The van der Waals surface area contributed by atoms with Crippen molar-refractivity contribution in [3.63, 3.8) is 0 Å². The number of nitrogens with one attached hydrogen (secondary N) is 1. The maximum absolute atomic E-state index is 12.9. The second-order valence-corrected chi connectivity index (χ2v) is 8.31. The molecule has 1 aromatic heterocycles. The van der Waals surface area contributed by atoms with Gasteiger partial charge in [-0.2, -0.15) is 0 Å². The largest absolute Gasteiger partial charge is 0.466 e. The van der Waals surface area contributed by atoms with Crippen molar-refractivity contribution in [1.29, 1.82) is 0 Å². The number of ether oxygens (including phenoxy) is 1. The number of carbonyl (C=O) groups is 2. The molecule has 1 atom stereocenters. The third-order valence-corrected chi connectivity index (χ3v) is 5.75. The summed E-state index contributed by atoms with van der Waals surface area (Å²) in [6, 6.07) is 17.5. The maximum atomic E-state index is 12.9. The Morgan fingerprint density at radius 2 is 1.94 bits per heavy atom. The van der Waals surface area contributed by atoms with E-state index in [4.69, 9.17) is 9.57 Å². The predicted molar refractivity (Wildman–Crippen MR) is 123 cm³/mol. The highest BCUT2D eigenvalue weighted by molar-refractivity contribution is 6.08. The molecule has 1 aliphatic rings. The van der Waals surface area contributed by atoms with Crippen LogP contribution in [0.3, 0.4) is 0 Å². The van der Waals surface area contributed by atoms with Gasteiger partial charge in [0.1, 0.15) is 0 Å². The average molecular weight is 434 g/mol. The summed E-state index contributed by atoms with van der Waals surface area (Å²) in [6.45, 7) is 4.40. The van der Waals surface area contributed by atoms with Crippen LogP contribution in [0, 0.1) is 0 Å². The van der Waals surface area contributed by atoms with Crippen LogP contribution in [0.1, 0.15) is 42.2 Å². The molecule has 2 heterocycles. The molecule has 166 valence electrons. The van der Waals surface area contributed by atoms with Crippen LogP contribution in [0.5, 0.6) is 0 Å². The van der Waals surface area contributed by atoms with E-state index in [1.807, 2.05) is 60.8 Å². The number of fused-ring (bicyclic) bond motifs is 1. The van der Waals surface area contributed by atoms with E-state index in [1.54, 1.807) is 0 Å². The molecule has 7 heteroatoms. The Morgan fingerprint density at radius 3 is 2.66 bits per heavy atom. The third-order valence-electron chi connectivity index (χ3n) is 5.75. The Bertz CT molecular complexity index is 1170. The molecule has 7 nitrogen and oxygen atoms in total. The van der Waals surface area contributed by atoms with Gasteiger partial charge in [0.2, 0.25) is 5.60 Å². The molecular weight excluding hydrogens is 406 g/mol. The molecule has 0 bridgehead atoms. The molecule has 1 N–H and O–H groups in total. The molecule has 32 heavy (non-hydrogen) atoms. The molecule has 0 saturated heterocycles. The smallest absolute Gasteiger partial charge is 0.353 e. The lowest BCUT2D eigenvalue weighted by molar-refractivity contribution is -0.166. The number of aromatic nitrogens is 1. The number of carbonyl (C=O) groups excluding carboxylic acids is 2. The van der Waals surface area contributed by atoms with E-state index in [0.717, 1.165) is 16.5 Å². The molecular formula is C25H27N3O4. The van der Waals surface area contributed by atoms with Crippen molar-refractivity contribution >= 4 is 28.5 Å². The molecule has 1 amide bonds. The van der Waals surface area contributed by atoms with E-state index in [1.165, 1.54) is 7.11 Å². The highest BCUT2D eigenvalue weighted by Crippen LogP contribution is 2.30. The molecule has 2 aromatic carbocycles. The van der Waals surface area contributed by atoms with Crippen LogP contribution in [0.2, 0.25) is 0 Å². The predicted octanol–water partition coefficient (Wildman–Crippen LogP) is 3.88. The summed E-state index contributed by atoms with van der Waals surface area (Å²) in [6.07, 6.45) is 2.58. The molecule has 0 spiro atoms. The lowest BCUT2D eigenvalue weighted by Gasteiger charge is -2.23. The quantitative estimate of drug-likeness (QED) is 0.573. The number of methoxy groups -OCH3 is 1. The van der Waals surface area contributed by atoms with Gasteiger partial charge in [0.05, 0.1) is 19.4 Å². The van der Waals surface area contributed by atoms with Crippen LogP contribution in [-0.4, -0.2) is 41.4 Å². The summed E-state index contributed by atoms with van der Waals surface area (Å²) >= 11 is 0. The minimum Gasteiger partial charge on any atom is -0.466 e. The van der Waals surface area contributed by atoms with Gasteiger partial charge in [-0.3, -0.25) is 4.79 Å². The zero-order chi connectivity index (χ0) is 22.7. The van der Waals surface area contributed by atoms with Gasteiger partial charge in [0, 0.05) is 41.5 Å². The number of hydrogen-bond donors (Lipinski definition) is 1. The summed E-state index contributed by atoms with van der Waals surface area (Å²) in [5.74, 6) is -0.676. The summed E-state index contributed by atoms with van der Waals surface area (Å²) in [5, 5.41) is 7.93. The van der Waals surface area contributed by atoms with Crippen molar-refractivity contribution < 1.29 is 19.2 Å². The van der Waals surface area contributed by atoms with Gasteiger partial charge in [0.25, 0.3) is 5.91 Å². The van der Waals surface area contributed by atoms with Crippen LogP contribution in [0.4, 0.5) is 0 Å². The summed E-state index contributed by atoms with van der Waals surface area (Å²) < 4.78 is 7.13. The Balaban J connectivity index is 1.46. The van der Waals surface area contributed by atoms with Crippen molar-refractivity contribution in [2.75, 3.05) is 13.7 Å². The number of oxime groups is 1. The van der Waals surface area contributed by atoms with Gasteiger partial charge in [-0.1, -0.05) is 41.6 Å². The van der Waals surface area contributed by atoms with Crippen molar-refractivity contribution in [3.8, 4) is 0 Å². The average Bonchev–Trinajstić information content (AvgIpc) is 3.42. The summed E-state index contributed by atoms with van der Waals surface area (Å²) in [5.41, 5.74) is 1.93. The van der Waals surface area contributed by atoms with E-state index in [9.17, 15) is 9.59 Å². The SMILES string of the molecule is COC(=O)C1(Cc2ccccc2)CC(CNC(=O)c2cccc3c2ccn3C(C)C)=NO1. The monoisotopic (exact) mass is 433 g/mol. The van der Waals surface area contributed by atoms with Gasteiger partial charge >= 0.3 is 5.97 Å². The van der Waals surface area contributed by atoms with Crippen LogP contribution in [-0.2, 0) is 20.8 Å².